The van der Waals surface area contributed by atoms with Gasteiger partial charge in [-0.3, -0.25) is 0 Å². The average molecular weight is 1180 g/mol. The summed E-state index contributed by atoms with van der Waals surface area (Å²) >= 11 is 0. The van der Waals surface area contributed by atoms with Crippen LogP contribution in [0, 0.1) is 0 Å². The predicted octanol–water partition coefficient (Wildman–Crippen LogP) is 20.5. The van der Waals surface area contributed by atoms with Gasteiger partial charge < -0.3 is 14.4 Å². The van der Waals surface area contributed by atoms with Crippen molar-refractivity contribution in [2.75, 3.05) is 9.80 Å². The van der Waals surface area contributed by atoms with Gasteiger partial charge in [0.2, 0.25) is 0 Å². The largest absolute Gasteiger partial charge is 0.417 e. The van der Waals surface area contributed by atoms with Crippen LogP contribution in [-0.2, 0) is 27.8 Å². The van der Waals surface area contributed by atoms with Crippen molar-refractivity contribution in [3.05, 3.63) is 252 Å². The summed E-state index contributed by atoms with van der Waals surface area (Å²) in [6.07, 6.45) is -4.75. The Morgan fingerprint density at radius 2 is 0.778 bits per heavy atom. The van der Waals surface area contributed by atoms with Crippen LogP contribution in [0.25, 0.3) is 72.5 Å². The first-order valence-electron chi connectivity index (χ1n) is 31.3. The molecule has 10 aromatic carbocycles. The fourth-order valence-electron chi connectivity index (χ4n) is 13.5. The van der Waals surface area contributed by atoms with Crippen LogP contribution in [0.2, 0.25) is 0 Å². The van der Waals surface area contributed by atoms with E-state index in [1.54, 1.807) is 6.07 Å². The monoisotopic (exact) mass is 1180 g/mol. The zero-order valence-corrected chi connectivity index (χ0v) is 53.3. The highest BCUT2D eigenvalue weighted by Gasteiger charge is 2.45. The number of anilines is 6. The molecule has 0 amide bonds. The third kappa shape index (κ3) is 10.1. The smallest absolute Gasteiger partial charge is 0.311 e. The number of benzene rings is 10. The number of para-hydroxylation sites is 3. The van der Waals surface area contributed by atoms with E-state index in [-0.39, 0.29) is 39.8 Å². The van der Waals surface area contributed by atoms with Crippen LogP contribution in [0.1, 0.15) is 111 Å². The number of fused-ring (bicyclic) bond motifs is 7. The van der Waals surface area contributed by atoms with Gasteiger partial charge >= 0.3 is 6.18 Å². The van der Waals surface area contributed by atoms with E-state index in [0.29, 0.717) is 17.1 Å². The van der Waals surface area contributed by atoms with E-state index in [0.717, 1.165) is 84.3 Å². The molecule has 0 spiro atoms. The Labute approximate surface area is 527 Å². The van der Waals surface area contributed by atoms with Gasteiger partial charge in [0, 0.05) is 56.0 Å². The molecule has 446 valence electrons. The van der Waals surface area contributed by atoms with Gasteiger partial charge in [0.1, 0.15) is 0 Å². The number of hydrogen-bond donors (Lipinski definition) is 0. The molecule has 90 heavy (non-hydrogen) atoms. The van der Waals surface area contributed by atoms with E-state index in [1.807, 2.05) is 89.5 Å². The second kappa shape index (κ2) is 21.1. The van der Waals surface area contributed by atoms with Gasteiger partial charge in [-0.1, -0.05) is 223 Å². The molecular weight excluding hydrogens is 1110 g/mol. The maximum atomic E-state index is 15.9. The molecular formula is C81H73BF3N5. The van der Waals surface area contributed by atoms with Crippen molar-refractivity contribution in [1.82, 2.24) is 14.5 Å². The Balaban J connectivity index is 1.06. The third-order valence-electron chi connectivity index (χ3n) is 18.4. The fraction of sp³-hybridized carbons (Fsp3) is 0.210. The Bertz CT molecular complexity index is 4550. The molecule has 0 atom stereocenters. The number of aromatic nitrogens is 3. The van der Waals surface area contributed by atoms with Gasteiger partial charge in [0.25, 0.3) is 6.71 Å². The fourth-order valence-corrected chi connectivity index (χ4v) is 13.5. The summed E-state index contributed by atoms with van der Waals surface area (Å²) in [6.45, 7) is 27.5. The Kier molecular flexibility index (Phi) is 13.6. The van der Waals surface area contributed by atoms with Crippen LogP contribution in [0.5, 0.6) is 0 Å². The van der Waals surface area contributed by atoms with E-state index in [4.69, 9.17) is 9.97 Å². The molecule has 12 aromatic rings. The Morgan fingerprint density at radius 3 is 1.26 bits per heavy atom. The zero-order chi connectivity index (χ0) is 63.0. The summed E-state index contributed by atoms with van der Waals surface area (Å²) in [6, 6.07) is 77.0. The molecule has 14 rings (SSSR count). The topological polar surface area (TPSA) is 37.2 Å². The highest BCUT2D eigenvalue weighted by atomic mass is 19.4. The third-order valence-corrected chi connectivity index (χ3v) is 18.4. The number of alkyl halides is 3. The first kappa shape index (κ1) is 58.2. The molecule has 0 aliphatic carbocycles. The molecule has 2 aliphatic rings. The molecule has 5 nitrogen and oxygen atoms in total. The first-order valence-corrected chi connectivity index (χ1v) is 31.3. The number of halogens is 3. The van der Waals surface area contributed by atoms with Gasteiger partial charge in [0.15, 0.2) is 5.82 Å². The quantitative estimate of drug-likeness (QED) is 0.149. The lowest BCUT2D eigenvalue weighted by Crippen LogP contribution is -2.61. The van der Waals surface area contributed by atoms with Crippen LogP contribution >= 0.6 is 0 Å². The minimum atomic E-state index is -4.75. The van der Waals surface area contributed by atoms with Crippen LogP contribution in [0.3, 0.4) is 0 Å². The molecule has 0 saturated carbocycles. The SMILES string of the molecule is CC(C)(C)c1cc(N2c3ccccc3B3c4ccccc4N(c4cc(C(C)(C)C)cc(C(C)(C)C)c4)c4cc(-c5ccc6c(c5)c5ccccc5n6-c5cccc(C(F)(F)F)c5-c5nc(-c6ccccc6)cc(-c6ccccc6)n5)cc2c43)cc(C(C)(C)C)c1. The van der Waals surface area contributed by atoms with Crippen molar-refractivity contribution in [3.8, 4) is 50.7 Å². The molecule has 9 heteroatoms. The van der Waals surface area contributed by atoms with Crippen molar-refractivity contribution in [1.29, 1.82) is 0 Å². The summed E-state index contributed by atoms with van der Waals surface area (Å²) in [7, 11) is 0. The summed E-state index contributed by atoms with van der Waals surface area (Å²) in [4.78, 5) is 15.1. The molecule has 0 fully saturated rings. The van der Waals surface area contributed by atoms with Gasteiger partial charge in [0.05, 0.1) is 39.2 Å². The lowest BCUT2D eigenvalue weighted by Gasteiger charge is -2.45. The Hall–Kier alpha value is -9.47. The summed E-state index contributed by atoms with van der Waals surface area (Å²) in [5, 5.41) is 1.79. The van der Waals surface area contributed by atoms with Gasteiger partial charge in [-0.25, -0.2) is 9.97 Å². The van der Waals surface area contributed by atoms with Gasteiger partial charge in [-0.15, -0.1) is 0 Å². The highest BCUT2D eigenvalue weighted by Crippen LogP contribution is 2.50. The van der Waals surface area contributed by atoms with Crippen molar-refractivity contribution in [3.63, 3.8) is 0 Å². The molecule has 0 unspecified atom stereocenters. The number of nitrogens with zero attached hydrogens (tertiary/aromatic N) is 5. The van der Waals surface area contributed by atoms with Crippen LogP contribution < -0.4 is 26.2 Å². The van der Waals surface area contributed by atoms with E-state index >= 15 is 13.2 Å². The van der Waals surface area contributed by atoms with Crippen molar-refractivity contribution in [2.45, 2.75) is 111 Å². The summed E-state index contributed by atoms with van der Waals surface area (Å²) in [5.41, 5.74) is 20.1. The van der Waals surface area contributed by atoms with Crippen LogP contribution in [-0.4, -0.2) is 21.2 Å². The molecule has 4 heterocycles. The molecule has 0 bridgehead atoms. The summed E-state index contributed by atoms with van der Waals surface area (Å²) < 4.78 is 49.8. The number of rotatable bonds is 7. The van der Waals surface area contributed by atoms with Gasteiger partial charge in [-0.05, 0) is 156 Å². The molecule has 0 radical (unpaired) electrons. The molecule has 2 aromatic heterocycles. The molecule has 0 saturated heterocycles. The molecule has 0 N–H and O–H groups in total. The maximum Gasteiger partial charge on any atom is 0.417 e. The Morgan fingerprint density at radius 1 is 0.344 bits per heavy atom. The standard InChI is InChI=1S/C81H73BF3N5/c1-77(2,3)54-43-55(78(4,5)6)46-58(45-54)88-69-35-23-20-32-63(69)82-64-33-21-24-36-70(64)89(59-47-56(79(7,8)9)44-57(48-59)80(10,11)12)73-42-53(41-72(88)75(73)82)52-38-39-68-61(40-52)60-30-19-22-34-67(60)90(68)71-37-25-31-62(81(83,84)85)74(71)76-86-65(50-26-15-13-16-27-50)49-66(87-76)51-28-17-14-18-29-51/h13-49H,1-12H3. The molecule has 2 aliphatic heterocycles. The maximum absolute atomic E-state index is 15.9. The van der Waals surface area contributed by atoms with E-state index in [1.165, 1.54) is 44.7 Å². The normalized spacial score (nSPS) is 13.4. The average Bonchev–Trinajstić information content (AvgIpc) is 0.775. The van der Waals surface area contributed by atoms with Gasteiger partial charge in [-0.2, -0.15) is 13.2 Å². The lowest BCUT2D eigenvalue weighted by atomic mass is 9.33. The number of hydrogen-bond acceptors (Lipinski definition) is 4. The zero-order valence-electron chi connectivity index (χ0n) is 53.3. The minimum Gasteiger partial charge on any atom is -0.311 e. The second-order valence-electron chi connectivity index (χ2n) is 28.7. The predicted molar refractivity (Wildman–Crippen MR) is 372 cm³/mol. The van der Waals surface area contributed by atoms with Crippen molar-refractivity contribution >= 4 is 79.0 Å². The van der Waals surface area contributed by atoms with Crippen LogP contribution in [0.15, 0.2) is 224 Å². The minimum absolute atomic E-state index is 0.0235. The highest BCUT2D eigenvalue weighted by molar-refractivity contribution is 7.00. The van der Waals surface area contributed by atoms with E-state index < -0.39 is 11.7 Å². The van der Waals surface area contributed by atoms with Crippen molar-refractivity contribution < 1.29 is 13.2 Å². The lowest BCUT2D eigenvalue weighted by molar-refractivity contribution is -0.137. The first-order chi connectivity index (χ1) is 42.8. The van der Waals surface area contributed by atoms with E-state index in [2.05, 4.69) is 214 Å². The van der Waals surface area contributed by atoms with E-state index in [9.17, 15) is 0 Å². The van der Waals surface area contributed by atoms with Crippen molar-refractivity contribution in [2.24, 2.45) is 0 Å². The summed E-state index contributed by atoms with van der Waals surface area (Å²) in [5.74, 6) is -0.0235. The van der Waals surface area contributed by atoms with Crippen LogP contribution in [0.4, 0.5) is 47.3 Å². The second-order valence-corrected chi connectivity index (χ2v) is 28.7.